The van der Waals surface area contributed by atoms with Crippen molar-refractivity contribution < 1.29 is 19.1 Å². The molecular weight excluding hydrogens is 310 g/mol. The molecule has 0 aliphatic carbocycles. The van der Waals surface area contributed by atoms with Crippen molar-refractivity contribution in [2.45, 2.75) is 6.42 Å². The van der Waals surface area contributed by atoms with E-state index in [0.29, 0.717) is 24.4 Å². The predicted molar refractivity (Wildman–Crippen MR) is 90.2 cm³/mol. The summed E-state index contributed by atoms with van der Waals surface area (Å²) in [5.74, 6) is 0.354. The maximum absolute atomic E-state index is 12.0. The van der Waals surface area contributed by atoms with Crippen LogP contribution in [0.4, 0.5) is 0 Å². The van der Waals surface area contributed by atoms with Gasteiger partial charge in [-0.1, -0.05) is 6.07 Å². The van der Waals surface area contributed by atoms with Crippen molar-refractivity contribution in [2.24, 2.45) is 0 Å². The molecule has 132 valence electrons. The summed E-state index contributed by atoms with van der Waals surface area (Å²) in [6.45, 7) is 5.07. The van der Waals surface area contributed by atoms with E-state index in [2.05, 4.69) is 15.5 Å². The van der Waals surface area contributed by atoms with Crippen LogP contribution in [0.5, 0.6) is 5.75 Å². The minimum absolute atomic E-state index is 0.0609. The summed E-state index contributed by atoms with van der Waals surface area (Å²) in [7, 11) is 1.55. The highest BCUT2D eigenvalue weighted by atomic mass is 16.5. The second-order valence-electron chi connectivity index (χ2n) is 5.54. The fourth-order valence-electron chi connectivity index (χ4n) is 2.42. The Hall–Kier alpha value is -2.12. The van der Waals surface area contributed by atoms with Gasteiger partial charge in [0, 0.05) is 44.7 Å². The number of nitrogens with one attached hydrogen (secondary N) is 2. The second-order valence-corrected chi connectivity index (χ2v) is 5.54. The van der Waals surface area contributed by atoms with E-state index in [4.69, 9.17) is 9.47 Å². The molecule has 1 aliphatic rings. The summed E-state index contributed by atoms with van der Waals surface area (Å²) >= 11 is 0. The van der Waals surface area contributed by atoms with Gasteiger partial charge in [0.05, 0.1) is 20.3 Å². The molecule has 0 radical (unpaired) electrons. The highest BCUT2D eigenvalue weighted by Gasteiger charge is 2.11. The fourth-order valence-corrected chi connectivity index (χ4v) is 2.42. The molecule has 0 saturated carbocycles. The number of ether oxygens (including phenoxy) is 2. The first-order valence-electron chi connectivity index (χ1n) is 8.18. The van der Waals surface area contributed by atoms with Crippen molar-refractivity contribution in [2.75, 3.05) is 53.0 Å². The van der Waals surface area contributed by atoms with Crippen molar-refractivity contribution in [3.05, 3.63) is 29.8 Å². The summed E-state index contributed by atoms with van der Waals surface area (Å²) < 4.78 is 10.4. The average molecular weight is 335 g/mol. The van der Waals surface area contributed by atoms with Crippen LogP contribution in [0.25, 0.3) is 0 Å². The second kappa shape index (κ2) is 9.89. The van der Waals surface area contributed by atoms with Crippen molar-refractivity contribution in [3.8, 4) is 5.75 Å². The summed E-state index contributed by atoms with van der Waals surface area (Å²) in [6, 6.07) is 6.91. The summed E-state index contributed by atoms with van der Waals surface area (Å²) in [6.07, 6.45) is 0.263. The van der Waals surface area contributed by atoms with Crippen LogP contribution in [0.15, 0.2) is 24.3 Å². The Balaban J connectivity index is 1.60. The number of methoxy groups -OCH3 is 1. The monoisotopic (exact) mass is 335 g/mol. The highest BCUT2D eigenvalue weighted by molar-refractivity contribution is 5.94. The highest BCUT2D eigenvalue weighted by Crippen LogP contribution is 2.12. The number of hydrogen-bond donors (Lipinski definition) is 2. The van der Waals surface area contributed by atoms with Crippen LogP contribution in [-0.4, -0.2) is 69.8 Å². The zero-order chi connectivity index (χ0) is 17.2. The first kappa shape index (κ1) is 18.2. The van der Waals surface area contributed by atoms with Crippen LogP contribution >= 0.6 is 0 Å². The van der Waals surface area contributed by atoms with Gasteiger partial charge in [0.25, 0.3) is 5.91 Å². The van der Waals surface area contributed by atoms with E-state index in [9.17, 15) is 9.59 Å². The first-order chi connectivity index (χ1) is 11.7. The standard InChI is InChI=1S/C17H25N3O4/c1-23-15-4-2-3-14(13-15)17(22)19-6-5-16(21)18-7-8-20-9-11-24-12-10-20/h2-4,13H,5-12H2,1H3,(H,18,21)(H,19,22). The zero-order valence-corrected chi connectivity index (χ0v) is 14.0. The van der Waals surface area contributed by atoms with Gasteiger partial charge in [-0.15, -0.1) is 0 Å². The van der Waals surface area contributed by atoms with E-state index in [0.717, 1.165) is 32.8 Å². The zero-order valence-electron chi connectivity index (χ0n) is 14.0. The number of carbonyl (C=O) groups is 2. The maximum atomic E-state index is 12.0. The molecule has 2 amide bonds. The number of hydrogen-bond acceptors (Lipinski definition) is 5. The fraction of sp³-hybridized carbons (Fsp3) is 0.529. The SMILES string of the molecule is COc1cccc(C(=O)NCCC(=O)NCCN2CCOCC2)c1. The average Bonchev–Trinajstić information content (AvgIpc) is 2.62. The van der Waals surface area contributed by atoms with Crippen LogP contribution in [0, 0.1) is 0 Å². The lowest BCUT2D eigenvalue weighted by molar-refractivity contribution is -0.121. The Morgan fingerprint density at radius 2 is 2.00 bits per heavy atom. The maximum Gasteiger partial charge on any atom is 0.251 e. The molecule has 0 aromatic heterocycles. The Morgan fingerprint density at radius 1 is 1.21 bits per heavy atom. The minimum atomic E-state index is -0.213. The lowest BCUT2D eigenvalue weighted by Crippen LogP contribution is -2.41. The van der Waals surface area contributed by atoms with Crippen LogP contribution in [-0.2, 0) is 9.53 Å². The smallest absolute Gasteiger partial charge is 0.251 e. The lowest BCUT2D eigenvalue weighted by atomic mass is 10.2. The molecule has 2 N–H and O–H groups in total. The molecule has 1 aromatic rings. The Bertz CT molecular complexity index is 544. The molecule has 0 spiro atoms. The van der Waals surface area contributed by atoms with Gasteiger partial charge in [-0.2, -0.15) is 0 Å². The molecule has 0 bridgehead atoms. The molecule has 1 aliphatic heterocycles. The third-order valence-electron chi connectivity index (χ3n) is 3.82. The molecule has 2 rings (SSSR count). The molecule has 1 heterocycles. The van der Waals surface area contributed by atoms with Crippen molar-refractivity contribution in [1.82, 2.24) is 15.5 Å². The van der Waals surface area contributed by atoms with Gasteiger partial charge in [-0.05, 0) is 18.2 Å². The molecule has 7 nitrogen and oxygen atoms in total. The number of morpholine rings is 1. The number of carbonyl (C=O) groups excluding carboxylic acids is 2. The number of nitrogens with zero attached hydrogens (tertiary/aromatic N) is 1. The molecule has 0 unspecified atom stereocenters. The topological polar surface area (TPSA) is 79.9 Å². The number of amides is 2. The molecule has 1 saturated heterocycles. The van der Waals surface area contributed by atoms with E-state index >= 15 is 0 Å². The molecule has 0 atom stereocenters. The molecule has 1 aromatic carbocycles. The van der Waals surface area contributed by atoms with Crippen LogP contribution in [0.1, 0.15) is 16.8 Å². The van der Waals surface area contributed by atoms with Gasteiger partial charge in [0.15, 0.2) is 0 Å². The quantitative estimate of drug-likeness (QED) is 0.713. The van der Waals surface area contributed by atoms with E-state index < -0.39 is 0 Å². The van der Waals surface area contributed by atoms with E-state index in [1.807, 2.05) is 0 Å². The minimum Gasteiger partial charge on any atom is -0.497 e. The summed E-state index contributed by atoms with van der Waals surface area (Å²) in [4.78, 5) is 26.0. The Morgan fingerprint density at radius 3 is 2.75 bits per heavy atom. The van der Waals surface area contributed by atoms with Gasteiger partial charge >= 0.3 is 0 Å². The number of rotatable bonds is 8. The molecule has 7 heteroatoms. The Kier molecular flexibility index (Phi) is 7.51. The van der Waals surface area contributed by atoms with Crippen molar-refractivity contribution in [1.29, 1.82) is 0 Å². The molecule has 1 fully saturated rings. The Labute approximate surface area is 142 Å². The van der Waals surface area contributed by atoms with Crippen molar-refractivity contribution >= 4 is 11.8 Å². The van der Waals surface area contributed by atoms with Crippen LogP contribution in [0.2, 0.25) is 0 Å². The van der Waals surface area contributed by atoms with E-state index in [1.54, 1.807) is 31.4 Å². The predicted octanol–water partition coefficient (Wildman–Crippen LogP) is 0.264. The molecular formula is C17H25N3O4. The van der Waals surface area contributed by atoms with Gasteiger partial charge in [-0.3, -0.25) is 14.5 Å². The normalized spacial score (nSPS) is 14.9. The molecule has 24 heavy (non-hydrogen) atoms. The lowest BCUT2D eigenvalue weighted by Gasteiger charge is -2.26. The van der Waals surface area contributed by atoms with Crippen LogP contribution < -0.4 is 15.4 Å². The first-order valence-corrected chi connectivity index (χ1v) is 8.18. The van der Waals surface area contributed by atoms with E-state index in [-0.39, 0.29) is 18.2 Å². The van der Waals surface area contributed by atoms with Gasteiger partial charge in [-0.25, -0.2) is 0 Å². The third kappa shape index (κ3) is 6.17. The summed E-state index contributed by atoms with van der Waals surface area (Å²) in [5.41, 5.74) is 0.516. The van der Waals surface area contributed by atoms with E-state index in [1.165, 1.54) is 0 Å². The van der Waals surface area contributed by atoms with Gasteiger partial charge in [0.1, 0.15) is 5.75 Å². The summed E-state index contributed by atoms with van der Waals surface area (Å²) in [5, 5.41) is 5.61. The van der Waals surface area contributed by atoms with Gasteiger partial charge < -0.3 is 20.1 Å². The number of benzene rings is 1. The largest absolute Gasteiger partial charge is 0.497 e. The van der Waals surface area contributed by atoms with Gasteiger partial charge in [0.2, 0.25) is 5.91 Å². The van der Waals surface area contributed by atoms with Crippen molar-refractivity contribution in [3.63, 3.8) is 0 Å². The third-order valence-corrected chi connectivity index (χ3v) is 3.82. The van der Waals surface area contributed by atoms with Crippen LogP contribution in [0.3, 0.4) is 0 Å².